The molecule has 0 aliphatic carbocycles. The quantitative estimate of drug-likeness (QED) is 0.333. The summed E-state index contributed by atoms with van der Waals surface area (Å²) in [7, 11) is 0. The van der Waals surface area contributed by atoms with E-state index >= 15 is 0 Å². The summed E-state index contributed by atoms with van der Waals surface area (Å²) in [5.41, 5.74) is 4.37. The van der Waals surface area contributed by atoms with Gasteiger partial charge in [-0.1, -0.05) is 52.3 Å². The summed E-state index contributed by atoms with van der Waals surface area (Å²) in [6.45, 7) is 3.92. The average molecular weight is 451 g/mol. The summed E-state index contributed by atoms with van der Waals surface area (Å²) in [5.74, 6) is 0.0654. The van der Waals surface area contributed by atoms with E-state index in [9.17, 15) is 4.79 Å². The van der Waals surface area contributed by atoms with Gasteiger partial charge >= 0.3 is 0 Å². The second kappa shape index (κ2) is 9.28. The molecule has 0 saturated heterocycles. The number of anilines is 1. The van der Waals surface area contributed by atoms with E-state index in [1.165, 1.54) is 11.8 Å². The fraction of sp³-hybridized carbons (Fsp3) is 0.136. The third kappa shape index (κ3) is 4.92. The zero-order chi connectivity index (χ0) is 21.8. The minimum atomic E-state index is -0.353. The standard InChI is InChI=1S/C22H19ClN6OS/c1-14-4-8-17(9-5-14)29-19(13-31-22-24-10-3-11-25-22)20(27-28-29)21(30)26-18-12-16(23)7-6-15(18)2/h3-12H,13H2,1-2H3,(H,26,30). The number of thioether (sulfide) groups is 1. The number of amides is 1. The van der Waals surface area contributed by atoms with Crippen molar-refractivity contribution >= 4 is 35.0 Å². The Labute approximate surface area is 188 Å². The Morgan fingerprint density at radius 3 is 2.58 bits per heavy atom. The van der Waals surface area contributed by atoms with Crippen LogP contribution in [-0.2, 0) is 5.75 Å². The number of carbonyl (C=O) groups is 1. The summed E-state index contributed by atoms with van der Waals surface area (Å²) in [5, 5.41) is 12.5. The van der Waals surface area contributed by atoms with E-state index in [2.05, 4.69) is 25.6 Å². The Hall–Kier alpha value is -3.23. The third-order valence-corrected chi connectivity index (χ3v) is 5.71. The van der Waals surface area contributed by atoms with Gasteiger partial charge in [0.1, 0.15) is 0 Å². The molecular weight excluding hydrogens is 432 g/mol. The van der Waals surface area contributed by atoms with Crippen LogP contribution in [0.2, 0.25) is 5.02 Å². The van der Waals surface area contributed by atoms with Crippen LogP contribution in [0.25, 0.3) is 5.69 Å². The van der Waals surface area contributed by atoms with Crippen LogP contribution in [0.15, 0.2) is 66.1 Å². The molecule has 1 N–H and O–H groups in total. The molecule has 0 fully saturated rings. The number of aryl methyl sites for hydroxylation is 2. The number of aromatic nitrogens is 5. The highest BCUT2D eigenvalue weighted by molar-refractivity contribution is 7.98. The van der Waals surface area contributed by atoms with Gasteiger partial charge in [-0.2, -0.15) is 0 Å². The first-order valence-electron chi connectivity index (χ1n) is 9.50. The molecule has 0 unspecified atom stereocenters. The molecule has 7 nitrogen and oxygen atoms in total. The molecular formula is C22H19ClN6OS. The first-order chi connectivity index (χ1) is 15.0. The van der Waals surface area contributed by atoms with Gasteiger partial charge in [-0.05, 0) is 49.7 Å². The summed E-state index contributed by atoms with van der Waals surface area (Å²) < 4.78 is 1.68. The fourth-order valence-electron chi connectivity index (χ4n) is 2.90. The maximum absolute atomic E-state index is 13.1. The van der Waals surface area contributed by atoms with Gasteiger partial charge in [-0.15, -0.1) is 5.10 Å². The van der Waals surface area contributed by atoms with Crippen LogP contribution < -0.4 is 5.32 Å². The van der Waals surface area contributed by atoms with Crippen LogP contribution in [0.5, 0.6) is 0 Å². The lowest BCUT2D eigenvalue weighted by atomic mass is 10.2. The summed E-state index contributed by atoms with van der Waals surface area (Å²) in [6.07, 6.45) is 3.36. The topological polar surface area (TPSA) is 85.6 Å². The van der Waals surface area contributed by atoms with Crippen LogP contribution in [0.3, 0.4) is 0 Å². The maximum Gasteiger partial charge on any atom is 0.278 e. The largest absolute Gasteiger partial charge is 0.320 e. The monoisotopic (exact) mass is 450 g/mol. The van der Waals surface area contributed by atoms with Crippen LogP contribution in [0.1, 0.15) is 27.3 Å². The molecule has 4 aromatic rings. The molecule has 0 radical (unpaired) electrons. The minimum Gasteiger partial charge on any atom is -0.320 e. The van der Waals surface area contributed by atoms with E-state index < -0.39 is 0 Å². The third-order valence-electron chi connectivity index (χ3n) is 4.58. The summed E-state index contributed by atoms with van der Waals surface area (Å²) in [4.78, 5) is 21.6. The fourth-order valence-corrected chi connectivity index (χ4v) is 3.87. The van der Waals surface area contributed by atoms with Gasteiger partial charge in [0.15, 0.2) is 10.9 Å². The average Bonchev–Trinajstić information content (AvgIpc) is 3.20. The van der Waals surface area contributed by atoms with Crippen molar-refractivity contribution in [1.82, 2.24) is 25.0 Å². The Morgan fingerprint density at radius 1 is 1.10 bits per heavy atom. The predicted molar refractivity (Wildman–Crippen MR) is 122 cm³/mol. The molecule has 156 valence electrons. The number of carbonyl (C=O) groups excluding carboxylic acids is 1. The molecule has 2 aromatic heterocycles. The predicted octanol–water partition coefficient (Wildman–Crippen LogP) is 4.87. The minimum absolute atomic E-state index is 0.239. The molecule has 0 saturated carbocycles. The van der Waals surface area contributed by atoms with Crippen LogP contribution in [-0.4, -0.2) is 30.9 Å². The highest BCUT2D eigenvalue weighted by Crippen LogP contribution is 2.25. The van der Waals surface area contributed by atoms with E-state index in [1.807, 2.05) is 44.2 Å². The second-order valence-electron chi connectivity index (χ2n) is 6.87. The van der Waals surface area contributed by atoms with Crippen molar-refractivity contribution in [3.05, 3.63) is 88.5 Å². The van der Waals surface area contributed by atoms with Gasteiger partial charge < -0.3 is 5.32 Å². The van der Waals surface area contributed by atoms with Crippen molar-refractivity contribution in [3.63, 3.8) is 0 Å². The molecule has 0 spiro atoms. The number of rotatable bonds is 6. The Kier molecular flexibility index (Phi) is 6.29. The number of nitrogens with one attached hydrogen (secondary N) is 1. The van der Waals surface area contributed by atoms with Crippen molar-refractivity contribution < 1.29 is 4.79 Å². The molecule has 0 aliphatic rings. The van der Waals surface area contributed by atoms with Crippen LogP contribution in [0.4, 0.5) is 5.69 Å². The van der Waals surface area contributed by atoms with Gasteiger partial charge in [-0.25, -0.2) is 14.6 Å². The highest BCUT2D eigenvalue weighted by Gasteiger charge is 2.22. The van der Waals surface area contributed by atoms with Gasteiger partial charge in [-0.3, -0.25) is 4.79 Å². The van der Waals surface area contributed by atoms with Gasteiger partial charge in [0.05, 0.1) is 11.4 Å². The van der Waals surface area contributed by atoms with E-state index in [0.717, 1.165) is 16.8 Å². The van der Waals surface area contributed by atoms with Crippen LogP contribution >= 0.6 is 23.4 Å². The van der Waals surface area contributed by atoms with Crippen LogP contribution in [0, 0.1) is 13.8 Å². The Bertz CT molecular complexity index is 1210. The number of benzene rings is 2. The molecule has 2 aromatic carbocycles. The molecule has 2 heterocycles. The van der Waals surface area contributed by atoms with Crippen molar-refractivity contribution in [2.24, 2.45) is 0 Å². The van der Waals surface area contributed by atoms with Gasteiger partial charge in [0.2, 0.25) is 0 Å². The number of halogens is 1. The van der Waals surface area contributed by atoms with E-state index in [4.69, 9.17) is 11.6 Å². The zero-order valence-electron chi connectivity index (χ0n) is 16.9. The SMILES string of the molecule is Cc1ccc(-n2nnc(C(=O)Nc3cc(Cl)ccc3C)c2CSc2ncccn2)cc1. The van der Waals surface area contributed by atoms with E-state index in [0.29, 0.717) is 27.3 Å². The normalized spacial score (nSPS) is 10.8. The zero-order valence-corrected chi connectivity index (χ0v) is 18.5. The first-order valence-corrected chi connectivity index (χ1v) is 10.9. The molecule has 1 amide bonds. The Morgan fingerprint density at radius 2 is 1.84 bits per heavy atom. The summed E-state index contributed by atoms with van der Waals surface area (Å²) >= 11 is 7.50. The molecule has 0 aliphatic heterocycles. The maximum atomic E-state index is 13.1. The second-order valence-corrected chi connectivity index (χ2v) is 8.24. The first kappa shape index (κ1) is 21.0. The smallest absolute Gasteiger partial charge is 0.278 e. The van der Waals surface area contributed by atoms with E-state index in [-0.39, 0.29) is 11.6 Å². The number of hydrogen-bond acceptors (Lipinski definition) is 6. The molecule has 9 heteroatoms. The molecule has 4 rings (SSSR count). The lowest BCUT2D eigenvalue weighted by molar-refractivity contribution is 0.102. The molecule has 0 atom stereocenters. The van der Waals surface area contributed by atoms with Crippen molar-refractivity contribution in [2.75, 3.05) is 5.32 Å². The molecule has 0 bridgehead atoms. The number of hydrogen-bond donors (Lipinski definition) is 1. The highest BCUT2D eigenvalue weighted by atomic mass is 35.5. The number of nitrogens with zero attached hydrogens (tertiary/aromatic N) is 5. The van der Waals surface area contributed by atoms with Crippen molar-refractivity contribution in [1.29, 1.82) is 0 Å². The van der Waals surface area contributed by atoms with Crippen molar-refractivity contribution in [2.45, 2.75) is 24.8 Å². The van der Waals surface area contributed by atoms with E-state index in [1.54, 1.807) is 35.3 Å². The van der Waals surface area contributed by atoms with Gasteiger partial charge in [0.25, 0.3) is 5.91 Å². The van der Waals surface area contributed by atoms with Gasteiger partial charge in [0, 0.05) is 28.9 Å². The molecule has 31 heavy (non-hydrogen) atoms. The summed E-state index contributed by atoms with van der Waals surface area (Å²) in [6, 6.07) is 15.0. The lowest BCUT2D eigenvalue weighted by Crippen LogP contribution is -2.16. The Balaban J connectivity index is 1.68. The lowest BCUT2D eigenvalue weighted by Gasteiger charge is -2.10. The van der Waals surface area contributed by atoms with Crippen molar-refractivity contribution in [3.8, 4) is 5.69 Å².